The predicted octanol–water partition coefficient (Wildman–Crippen LogP) is 2.54. The third-order valence-electron chi connectivity index (χ3n) is 2.60. The molecule has 2 rings (SSSR count). The first kappa shape index (κ1) is 11.3. The van der Waals surface area contributed by atoms with Gasteiger partial charge in [0.25, 0.3) is 0 Å². The second-order valence-corrected chi connectivity index (χ2v) is 4.07. The standard InChI is InChI=1S/C11H13F3N2/c12-11(13,14)10-5-8(15)2-1-7(10)6-16-9-3-4-9/h1-2,5,9,16H,3-4,6,15H2. The van der Waals surface area contributed by atoms with E-state index >= 15 is 0 Å². The second kappa shape index (κ2) is 3.97. The lowest BCUT2D eigenvalue weighted by molar-refractivity contribution is -0.138. The molecule has 5 heteroatoms. The van der Waals surface area contributed by atoms with E-state index in [1.807, 2.05) is 0 Å². The highest BCUT2D eigenvalue weighted by molar-refractivity contribution is 5.46. The van der Waals surface area contributed by atoms with Crippen LogP contribution in [0.15, 0.2) is 18.2 Å². The van der Waals surface area contributed by atoms with Crippen molar-refractivity contribution in [1.82, 2.24) is 5.32 Å². The van der Waals surface area contributed by atoms with Gasteiger partial charge in [0.15, 0.2) is 0 Å². The molecule has 0 unspecified atom stereocenters. The van der Waals surface area contributed by atoms with Gasteiger partial charge in [-0.2, -0.15) is 13.2 Å². The molecule has 0 aliphatic heterocycles. The van der Waals surface area contributed by atoms with Crippen LogP contribution >= 0.6 is 0 Å². The van der Waals surface area contributed by atoms with Gasteiger partial charge in [0, 0.05) is 18.3 Å². The number of halogens is 3. The Morgan fingerprint density at radius 3 is 2.56 bits per heavy atom. The van der Waals surface area contributed by atoms with Crippen molar-refractivity contribution in [3.63, 3.8) is 0 Å². The SMILES string of the molecule is Nc1ccc(CNC2CC2)c(C(F)(F)F)c1. The first-order valence-electron chi connectivity index (χ1n) is 5.16. The lowest BCUT2D eigenvalue weighted by Crippen LogP contribution is -2.19. The Morgan fingerprint density at radius 2 is 2.00 bits per heavy atom. The minimum absolute atomic E-state index is 0.141. The summed E-state index contributed by atoms with van der Waals surface area (Å²) in [4.78, 5) is 0. The Bertz CT molecular complexity index is 383. The minimum Gasteiger partial charge on any atom is -0.399 e. The van der Waals surface area contributed by atoms with Crippen LogP contribution in [0, 0.1) is 0 Å². The average molecular weight is 230 g/mol. The molecule has 0 aromatic heterocycles. The van der Waals surface area contributed by atoms with Crippen molar-refractivity contribution in [3.05, 3.63) is 29.3 Å². The number of nitrogen functional groups attached to an aromatic ring is 1. The van der Waals surface area contributed by atoms with Crippen molar-refractivity contribution >= 4 is 5.69 Å². The van der Waals surface area contributed by atoms with Crippen molar-refractivity contribution in [2.24, 2.45) is 0 Å². The van der Waals surface area contributed by atoms with Gasteiger partial charge in [0.05, 0.1) is 5.56 Å². The van der Waals surface area contributed by atoms with Gasteiger partial charge >= 0.3 is 6.18 Å². The molecular formula is C11H13F3N2. The molecular weight excluding hydrogens is 217 g/mol. The fourth-order valence-corrected chi connectivity index (χ4v) is 1.55. The van der Waals surface area contributed by atoms with E-state index in [9.17, 15) is 13.2 Å². The molecule has 88 valence electrons. The summed E-state index contributed by atoms with van der Waals surface area (Å²) >= 11 is 0. The summed E-state index contributed by atoms with van der Waals surface area (Å²) in [5.41, 5.74) is 5.13. The van der Waals surface area contributed by atoms with E-state index in [0.717, 1.165) is 18.9 Å². The molecule has 1 saturated carbocycles. The molecule has 1 aliphatic rings. The zero-order valence-electron chi connectivity index (χ0n) is 8.64. The maximum atomic E-state index is 12.7. The Balaban J connectivity index is 2.20. The van der Waals surface area contributed by atoms with Gasteiger partial charge in [-0.25, -0.2) is 0 Å². The van der Waals surface area contributed by atoms with Crippen LogP contribution < -0.4 is 11.1 Å². The van der Waals surface area contributed by atoms with Crippen LogP contribution in [-0.4, -0.2) is 6.04 Å². The third kappa shape index (κ3) is 2.66. The first-order valence-corrected chi connectivity index (χ1v) is 5.16. The minimum atomic E-state index is -4.34. The van der Waals surface area contributed by atoms with Crippen molar-refractivity contribution < 1.29 is 13.2 Å². The molecule has 16 heavy (non-hydrogen) atoms. The van der Waals surface area contributed by atoms with Crippen molar-refractivity contribution in [1.29, 1.82) is 0 Å². The van der Waals surface area contributed by atoms with Gasteiger partial charge in [-0.1, -0.05) is 6.07 Å². The number of benzene rings is 1. The summed E-state index contributed by atoms with van der Waals surface area (Å²) in [6.07, 6.45) is -2.23. The Labute approximate surface area is 91.6 Å². The molecule has 0 heterocycles. The third-order valence-corrected chi connectivity index (χ3v) is 2.60. The fraction of sp³-hybridized carbons (Fsp3) is 0.455. The summed E-state index contributed by atoms with van der Waals surface area (Å²) in [6.45, 7) is 0.250. The average Bonchev–Trinajstić information content (AvgIpc) is 2.98. The molecule has 0 saturated heterocycles. The number of nitrogens with two attached hydrogens (primary N) is 1. The normalized spacial score (nSPS) is 16.4. The maximum Gasteiger partial charge on any atom is 0.416 e. The molecule has 1 fully saturated rings. The molecule has 3 N–H and O–H groups in total. The Kier molecular flexibility index (Phi) is 2.80. The Morgan fingerprint density at radius 1 is 1.31 bits per heavy atom. The van der Waals surface area contributed by atoms with E-state index in [1.54, 1.807) is 0 Å². The molecule has 0 radical (unpaired) electrons. The van der Waals surface area contributed by atoms with Crippen LogP contribution in [0.25, 0.3) is 0 Å². The number of rotatable bonds is 3. The van der Waals surface area contributed by atoms with Crippen LogP contribution in [0.4, 0.5) is 18.9 Å². The molecule has 0 amide bonds. The van der Waals surface area contributed by atoms with Crippen LogP contribution in [0.1, 0.15) is 24.0 Å². The molecule has 1 aromatic carbocycles. The van der Waals surface area contributed by atoms with Crippen LogP contribution in [-0.2, 0) is 12.7 Å². The second-order valence-electron chi connectivity index (χ2n) is 4.07. The number of alkyl halides is 3. The highest BCUT2D eigenvalue weighted by atomic mass is 19.4. The van der Waals surface area contributed by atoms with Crippen molar-refractivity contribution in [2.75, 3.05) is 5.73 Å². The molecule has 1 aliphatic carbocycles. The highest BCUT2D eigenvalue weighted by Gasteiger charge is 2.33. The Hall–Kier alpha value is -1.23. The highest BCUT2D eigenvalue weighted by Crippen LogP contribution is 2.33. The summed E-state index contributed by atoms with van der Waals surface area (Å²) in [5, 5.41) is 3.06. The smallest absolute Gasteiger partial charge is 0.399 e. The van der Waals surface area contributed by atoms with Gasteiger partial charge in [-0.3, -0.25) is 0 Å². The van der Waals surface area contributed by atoms with Crippen LogP contribution in [0.2, 0.25) is 0 Å². The van der Waals surface area contributed by atoms with E-state index in [4.69, 9.17) is 5.73 Å². The van der Waals surface area contributed by atoms with Crippen molar-refractivity contribution in [3.8, 4) is 0 Å². The molecule has 2 nitrogen and oxygen atoms in total. The zero-order valence-corrected chi connectivity index (χ0v) is 8.64. The molecule has 0 spiro atoms. The lowest BCUT2D eigenvalue weighted by Gasteiger charge is -2.14. The summed E-state index contributed by atoms with van der Waals surface area (Å²) in [5.74, 6) is 0. The topological polar surface area (TPSA) is 38.0 Å². The monoisotopic (exact) mass is 230 g/mol. The van der Waals surface area contributed by atoms with Gasteiger partial charge in [-0.15, -0.1) is 0 Å². The van der Waals surface area contributed by atoms with E-state index < -0.39 is 11.7 Å². The number of nitrogens with one attached hydrogen (secondary N) is 1. The largest absolute Gasteiger partial charge is 0.416 e. The summed E-state index contributed by atoms with van der Waals surface area (Å²) in [6, 6.07) is 4.31. The van der Waals surface area contributed by atoms with E-state index in [0.29, 0.717) is 6.04 Å². The number of anilines is 1. The van der Waals surface area contributed by atoms with Gasteiger partial charge in [0.2, 0.25) is 0 Å². The van der Waals surface area contributed by atoms with Gasteiger partial charge in [-0.05, 0) is 30.5 Å². The van der Waals surface area contributed by atoms with Crippen LogP contribution in [0.5, 0.6) is 0 Å². The predicted molar refractivity (Wildman–Crippen MR) is 55.7 cm³/mol. The molecule has 0 bridgehead atoms. The summed E-state index contributed by atoms with van der Waals surface area (Å²) < 4.78 is 38.1. The fourth-order valence-electron chi connectivity index (χ4n) is 1.55. The van der Waals surface area contributed by atoms with Crippen molar-refractivity contribution in [2.45, 2.75) is 31.6 Å². The van der Waals surface area contributed by atoms with Crippen LogP contribution in [0.3, 0.4) is 0 Å². The molecule has 1 aromatic rings. The van der Waals surface area contributed by atoms with Gasteiger partial charge < -0.3 is 11.1 Å². The zero-order chi connectivity index (χ0) is 11.8. The number of hydrogen-bond donors (Lipinski definition) is 2. The quantitative estimate of drug-likeness (QED) is 0.783. The first-order chi connectivity index (χ1) is 7.47. The van der Waals surface area contributed by atoms with Gasteiger partial charge in [0.1, 0.15) is 0 Å². The maximum absolute atomic E-state index is 12.7. The van der Waals surface area contributed by atoms with E-state index in [1.165, 1.54) is 12.1 Å². The lowest BCUT2D eigenvalue weighted by atomic mass is 10.1. The number of hydrogen-bond acceptors (Lipinski definition) is 2. The summed E-state index contributed by atoms with van der Waals surface area (Å²) in [7, 11) is 0. The van der Waals surface area contributed by atoms with E-state index in [-0.39, 0.29) is 17.8 Å². The molecule has 0 atom stereocenters. The van der Waals surface area contributed by atoms with E-state index in [2.05, 4.69) is 5.32 Å².